The van der Waals surface area contributed by atoms with E-state index in [1.54, 1.807) is 32.2 Å². The van der Waals surface area contributed by atoms with Crippen LogP contribution in [0.5, 0.6) is 0 Å². The van der Waals surface area contributed by atoms with Crippen LogP contribution >= 0.6 is 12.1 Å². The van der Waals surface area contributed by atoms with Crippen LogP contribution in [0.1, 0.15) is 16.7 Å². The molecule has 0 radical (unpaired) electrons. The zero-order chi connectivity index (χ0) is 22.0. The van der Waals surface area contributed by atoms with E-state index in [-0.39, 0.29) is 17.9 Å². The number of fused-ring (bicyclic) bond motifs is 1. The average Bonchev–Trinajstić information content (AvgIpc) is 2.77. The number of pyridine rings is 2. The maximum Gasteiger partial charge on any atom is 0.340 e. The number of hydrogen-bond donors (Lipinski definition) is 2. The van der Waals surface area contributed by atoms with Gasteiger partial charge in [0, 0.05) is 47.5 Å². The minimum atomic E-state index is -0.570. The third-order valence-electron chi connectivity index (χ3n) is 4.91. The summed E-state index contributed by atoms with van der Waals surface area (Å²) >= 11 is 1.08. The van der Waals surface area contributed by atoms with Crippen LogP contribution in [0.25, 0.3) is 22.2 Å². The lowest BCUT2D eigenvalue weighted by atomic mass is 9.98. The highest BCUT2D eigenvalue weighted by Crippen LogP contribution is 2.28. The second-order valence-corrected chi connectivity index (χ2v) is 7.57. The molecule has 0 spiro atoms. The first-order chi connectivity index (χ1) is 15.0. The predicted molar refractivity (Wildman–Crippen MR) is 118 cm³/mol. The molecular weight excluding hydrogens is 422 g/mol. The Hall–Kier alpha value is -3.30. The number of benzene rings is 1. The van der Waals surface area contributed by atoms with E-state index in [1.165, 1.54) is 30.6 Å². The summed E-state index contributed by atoms with van der Waals surface area (Å²) in [4.78, 5) is 20.7. The molecule has 4 rings (SSSR count). The molecule has 0 aliphatic carbocycles. The lowest BCUT2D eigenvalue weighted by Crippen LogP contribution is -2.12. The first kappa shape index (κ1) is 21.0. The van der Waals surface area contributed by atoms with Gasteiger partial charge in [0.25, 0.3) is 0 Å². The highest BCUT2D eigenvalue weighted by Gasteiger charge is 2.17. The Morgan fingerprint density at radius 1 is 1.13 bits per heavy atom. The SMILES string of the molecule is CNSNc1nccc(Cc2c(C)c3ccc(-c4ncccc4F)cc3oc2=O)c1F. The lowest BCUT2D eigenvalue weighted by molar-refractivity contribution is 0.549. The fraction of sp³-hybridized carbons (Fsp3) is 0.136. The fourth-order valence-electron chi connectivity index (χ4n) is 3.33. The Balaban J connectivity index is 1.75. The van der Waals surface area contributed by atoms with Crippen molar-refractivity contribution in [1.29, 1.82) is 0 Å². The van der Waals surface area contributed by atoms with Crippen molar-refractivity contribution in [2.75, 3.05) is 11.8 Å². The van der Waals surface area contributed by atoms with Gasteiger partial charge in [-0.3, -0.25) is 9.71 Å². The zero-order valence-corrected chi connectivity index (χ0v) is 17.5. The number of nitrogens with one attached hydrogen (secondary N) is 2. The average molecular weight is 440 g/mol. The number of rotatable bonds is 6. The van der Waals surface area contributed by atoms with E-state index in [0.29, 0.717) is 33.2 Å². The molecule has 3 heterocycles. The Kier molecular flexibility index (Phi) is 5.97. The van der Waals surface area contributed by atoms with E-state index >= 15 is 0 Å². The van der Waals surface area contributed by atoms with Gasteiger partial charge in [-0.2, -0.15) is 0 Å². The molecule has 0 saturated carbocycles. The van der Waals surface area contributed by atoms with Gasteiger partial charge in [0.2, 0.25) is 0 Å². The maximum atomic E-state index is 14.8. The van der Waals surface area contributed by atoms with Gasteiger partial charge in [0.1, 0.15) is 17.1 Å². The standard InChI is InChI=1S/C22H18F2N4O2S/c1-12-15-6-5-14(20-17(23)4-3-8-26-20)11-18(15)30-22(29)16(12)10-13-7-9-27-21(19(13)24)28-31-25-2/h3-9,11,25H,10H2,1-2H3,(H,27,28). The number of nitrogens with zero attached hydrogens (tertiary/aromatic N) is 2. The van der Waals surface area contributed by atoms with E-state index in [2.05, 4.69) is 19.4 Å². The van der Waals surface area contributed by atoms with Crippen LogP contribution in [0.4, 0.5) is 14.6 Å². The van der Waals surface area contributed by atoms with Gasteiger partial charge in [-0.1, -0.05) is 12.1 Å². The molecule has 1 aromatic carbocycles. The highest BCUT2D eigenvalue weighted by molar-refractivity contribution is 7.98. The van der Waals surface area contributed by atoms with Crippen molar-refractivity contribution in [3.63, 3.8) is 0 Å². The Morgan fingerprint density at radius 3 is 2.74 bits per heavy atom. The topological polar surface area (TPSA) is 80.1 Å². The molecule has 0 bridgehead atoms. The summed E-state index contributed by atoms with van der Waals surface area (Å²) in [5.74, 6) is -0.932. The van der Waals surface area contributed by atoms with Crippen molar-refractivity contribution >= 4 is 28.9 Å². The van der Waals surface area contributed by atoms with E-state index in [0.717, 1.165) is 12.1 Å². The zero-order valence-electron chi connectivity index (χ0n) is 16.7. The molecule has 158 valence electrons. The molecule has 4 aromatic rings. The van der Waals surface area contributed by atoms with Crippen LogP contribution in [-0.4, -0.2) is 17.0 Å². The molecule has 31 heavy (non-hydrogen) atoms. The number of anilines is 1. The largest absolute Gasteiger partial charge is 0.422 e. The van der Waals surface area contributed by atoms with Crippen molar-refractivity contribution in [2.24, 2.45) is 0 Å². The van der Waals surface area contributed by atoms with Gasteiger partial charge >= 0.3 is 5.63 Å². The summed E-state index contributed by atoms with van der Waals surface area (Å²) < 4.78 is 39.9. The summed E-state index contributed by atoms with van der Waals surface area (Å²) in [7, 11) is 1.69. The van der Waals surface area contributed by atoms with Gasteiger partial charge in [-0.05, 0) is 49.4 Å². The number of aryl methyl sites for hydroxylation is 1. The van der Waals surface area contributed by atoms with Crippen LogP contribution in [0.3, 0.4) is 0 Å². The van der Waals surface area contributed by atoms with E-state index < -0.39 is 17.3 Å². The van der Waals surface area contributed by atoms with E-state index in [1.807, 2.05) is 0 Å². The molecule has 2 N–H and O–H groups in total. The molecule has 0 aliphatic heterocycles. The lowest BCUT2D eigenvalue weighted by Gasteiger charge is -2.11. The van der Waals surface area contributed by atoms with E-state index in [4.69, 9.17) is 4.42 Å². The molecule has 0 atom stereocenters. The first-order valence-electron chi connectivity index (χ1n) is 9.38. The van der Waals surface area contributed by atoms with Gasteiger partial charge in [0.05, 0.1) is 0 Å². The summed E-state index contributed by atoms with van der Waals surface area (Å²) in [5.41, 5.74) is 1.76. The van der Waals surface area contributed by atoms with Crippen LogP contribution in [0.2, 0.25) is 0 Å². The molecule has 6 nitrogen and oxygen atoms in total. The molecule has 9 heteroatoms. The molecule has 0 aliphatic rings. The molecule has 0 saturated heterocycles. The molecule has 0 unspecified atom stereocenters. The Bertz CT molecular complexity index is 1330. The first-order valence-corrected chi connectivity index (χ1v) is 10.2. The predicted octanol–water partition coefficient (Wildman–Crippen LogP) is 4.62. The van der Waals surface area contributed by atoms with Crippen LogP contribution in [-0.2, 0) is 6.42 Å². The van der Waals surface area contributed by atoms with Crippen molar-refractivity contribution in [1.82, 2.24) is 14.7 Å². The summed E-state index contributed by atoms with van der Waals surface area (Å²) in [6.45, 7) is 1.78. The number of halogens is 2. The third kappa shape index (κ3) is 4.14. The molecule has 0 fully saturated rings. The minimum absolute atomic E-state index is 0.0496. The highest BCUT2D eigenvalue weighted by atomic mass is 32.2. The molecule has 0 amide bonds. The van der Waals surface area contributed by atoms with Crippen molar-refractivity contribution in [2.45, 2.75) is 13.3 Å². The van der Waals surface area contributed by atoms with Gasteiger partial charge in [0.15, 0.2) is 11.6 Å². The number of aromatic nitrogens is 2. The smallest absolute Gasteiger partial charge is 0.340 e. The summed E-state index contributed by atoms with van der Waals surface area (Å²) in [6.07, 6.45) is 3.02. The number of hydrogen-bond acceptors (Lipinski definition) is 7. The quantitative estimate of drug-likeness (QED) is 0.334. The van der Waals surface area contributed by atoms with E-state index in [9.17, 15) is 13.6 Å². The van der Waals surface area contributed by atoms with Gasteiger partial charge in [-0.25, -0.2) is 23.3 Å². The van der Waals surface area contributed by atoms with Crippen molar-refractivity contribution in [3.05, 3.63) is 87.5 Å². The van der Waals surface area contributed by atoms with Crippen LogP contribution < -0.4 is 15.1 Å². The van der Waals surface area contributed by atoms with Crippen molar-refractivity contribution in [3.8, 4) is 11.3 Å². The van der Waals surface area contributed by atoms with Gasteiger partial charge < -0.3 is 4.42 Å². The second-order valence-electron chi connectivity index (χ2n) is 6.76. The minimum Gasteiger partial charge on any atom is -0.422 e. The Labute approximate surface area is 181 Å². The summed E-state index contributed by atoms with van der Waals surface area (Å²) in [5, 5.41) is 0.688. The maximum absolute atomic E-state index is 14.8. The Morgan fingerprint density at radius 2 is 1.97 bits per heavy atom. The van der Waals surface area contributed by atoms with Gasteiger partial charge in [-0.15, -0.1) is 0 Å². The van der Waals surface area contributed by atoms with Crippen LogP contribution in [0.15, 0.2) is 58.0 Å². The van der Waals surface area contributed by atoms with Crippen molar-refractivity contribution < 1.29 is 13.2 Å². The second kappa shape index (κ2) is 8.83. The van der Waals surface area contributed by atoms with Crippen LogP contribution in [0, 0.1) is 18.6 Å². The molecule has 3 aromatic heterocycles. The summed E-state index contributed by atoms with van der Waals surface area (Å²) in [6, 6.07) is 9.41. The molecular formula is C22H18F2N4O2S. The fourth-order valence-corrected chi connectivity index (χ4v) is 3.67. The normalized spacial score (nSPS) is 11.1. The third-order valence-corrected chi connectivity index (χ3v) is 5.40. The monoisotopic (exact) mass is 440 g/mol.